The summed E-state index contributed by atoms with van der Waals surface area (Å²) in [4.78, 5) is 11.4. The maximum Gasteiger partial charge on any atom is 0.309 e. The summed E-state index contributed by atoms with van der Waals surface area (Å²) in [6.07, 6.45) is 4.29. The molecule has 0 saturated heterocycles. The highest BCUT2D eigenvalue weighted by Crippen LogP contribution is 2.40. The Bertz CT molecular complexity index is 242. The van der Waals surface area contributed by atoms with Gasteiger partial charge in [0.1, 0.15) is 0 Å². The first-order valence-corrected chi connectivity index (χ1v) is 6.33. The molecular weight excluding hydrogens is 204 g/mol. The van der Waals surface area contributed by atoms with Crippen molar-refractivity contribution in [2.75, 3.05) is 0 Å². The molecule has 0 spiro atoms. The number of rotatable bonds is 4. The van der Waals surface area contributed by atoms with E-state index in [1.165, 1.54) is 0 Å². The van der Waals surface area contributed by atoms with Crippen molar-refractivity contribution in [1.82, 2.24) is 0 Å². The van der Waals surface area contributed by atoms with Gasteiger partial charge in [-0.3, -0.25) is 4.79 Å². The van der Waals surface area contributed by atoms with E-state index in [1.807, 2.05) is 20.8 Å². The summed E-state index contributed by atoms with van der Waals surface area (Å²) in [6.45, 7) is 5.98. The third kappa shape index (κ3) is 2.76. The third-order valence-electron chi connectivity index (χ3n) is 4.14. The van der Waals surface area contributed by atoms with E-state index >= 15 is 0 Å². The fourth-order valence-corrected chi connectivity index (χ4v) is 2.80. The average molecular weight is 228 g/mol. The van der Waals surface area contributed by atoms with Gasteiger partial charge >= 0.3 is 5.97 Å². The molecule has 0 radical (unpaired) electrons. The SMILES string of the molecule is CC(C)[C@H](C)[C@H](C(=O)O)C1(O)CCCCC1. The largest absolute Gasteiger partial charge is 0.481 e. The van der Waals surface area contributed by atoms with Crippen LogP contribution >= 0.6 is 0 Å². The van der Waals surface area contributed by atoms with Gasteiger partial charge in [0.05, 0.1) is 11.5 Å². The highest BCUT2D eigenvalue weighted by molar-refractivity contribution is 5.72. The second-order valence-electron chi connectivity index (χ2n) is 5.58. The predicted molar refractivity (Wildman–Crippen MR) is 63.2 cm³/mol. The Hall–Kier alpha value is -0.570. The van der Waals surface area contributed by atoms with Crippen LogP contribution < -0.4 is 0 Å². The van der Waals surface area contributed by atoms with Gasteiger partial charge in [0.25, 0.3) is 0 Å². The molecule has 0 unspecified atom stereocenters. The predicted octanol–water partition coefficient (Wildman–Crippen LogP) is 2.67. The first-order chi connectivity index (χ1) is 7.38. The topological polar surface area (TPSA) is 57.5 Å². The Labute approximate surface area is 97.9 Å². The van der Waals surface area contributed by atoms with Crippen molar-refractivity contribution in [3.05, 3.63) is 0 Å². The maximum absolute atomic E-state index is 11.4. The van der Waals surface area contributed by atoms with Gasteiger partial charge in [-0.15, -0.1) is 0 Å². The summed E-state index contributed by atoms with van der Waals surface area (Å²) in [6, 6.07) is 0. The lowest BCUT2D eigenvalue weighted by molar-refractivity contribution is -0.161. The number of carboxylic acids is 1. The Morgan fingerprint density at radius 3 is 2.00 bits per heavy atom. The van der Waals surface area contributed by atoms with E-state index in [0.29, 0.717) is 12.8 Å². The van der Waals surface area contributed by atoms with E-state index < -0.39 is 17.5 Å². The molecule has 0 aromatic carbocycles. The van der Waals surface area contributed by atoms with Crippen LogP contribution in [0.2, 0.25) is 0 Å². The number of aliphatic hydroxyl groups is 1. The molecular formula is C13H24O3. The number of carboxylic acid groups (broad SMARTS) is 1. The van der Waals surface area contributed by atoms with Gasteiger partial charge in [-0.2, -0.15) is 0 Å². The fraction of sp³-hybridized carbons (Fsp3) is 0.923. The Morgan fingerprint density at radius 2 is 1.62 bits per heavy atom. The van der Waals surface area contributed by atoms with Crippen LogP contribution in [0.4, 0.5) is 0 Å². The number of aliphatic carboxylic acids is 1. The zero-order valence-corrected chi connectivity index (χ0v) is 10.6. The van der Waals surface area contributed by atoms with Crippen LogP contribution in [0, 0.1) is 17.8 Å². The molecule has 1 aliphatic rings. The molecule has 2 atom stereocenters. The summed E-state index contributed by atoms with van der Waals surface area (Å²) < 4.78 is 0. The minimum atomic E-state index is -0.978. The van der Waals surface area contributed by atoms with Gasteiger partial charge in [0, 0.05) is 0 Å². The highest BCUT2D eigenvalue weighted by Gasteiger charge is 2.45. The summed E-state index contributed by atoms with van der Waals surface area (Å²) >= 11 is 0. The van der Waals surface area contributed by atoms with Crippen LogP contribution in [0.25, 0.3) is 0 Å². The molecule has 0 heterocycles. The Kier molecular flexibility index (Phi) is 4.36. The van der Waals surface area contributed by atoms with Gasteiger partial charge < -0.3 is 10.2 Å². The van der Waals surface area contributed by atoms with E-state index in [4.69, 9.17) is 0 Å². The van der Waals surface area contributed by atoms with E-state index in [-0.39, 0.29) is 11.8 Å². The van der Waals surface area contributed by atoms with Crippen LogP contribution in [0.3, 0.4) is 0 Å². The highest BCUT2D eigenvalue weighted by atomic mass is 16.4. The molecule has 0 aromatic rings. The van der Waals surface area contributed by atoms with Crippen molar-refractivity contribution in [3.63, 3.8) is 0 Å². The molecule has 2 N–H and O–H groups in total. The Balaban J connectivity index is 2.87. The summed E-state index contributed by atoms with van der Waals surface area (Å²) in [5, 5.41) is 19.9. The molecule has 1 saturated carbocycles. The monoisotopic (exact) mass is 228 g/mol. The molecule has 0 aromatic heterocycles. The summed E-state index contributed by atoms with van der Waals surface area (Å²) in [7, 11) is 0. The van der Waals surface area contributed by atoms with Crippen LogP contribution in [0.5, 0.6) is 0 Å². The summed E-state index contributed by atoms with van der Waals surface area (Å²) in [5.74, 6) is -1.16. The Morgan fingerprint density at radius 1 is 1.12 bits per heavy atom. The number of hydrogen-bond donors (Lipinski definition) is 2. The minimum Gasteiger partial charge on any atom is -0.481 e. The number of carbonyl (C=O) groups is 1. The van der Waals surface area contributed by atoms with Crippen LogP contribution in [0.1, 0.15) is 52.9 Å². The molecule has 94 valence electrons. The molecule has 1 aliphatic carbocycles. The zero-order valence-electron chi connectivity index (χ0n) is 10.6. The lowest BCUT2D eigenvalue weighted by Crippen LogP contribution is -2.48. The van der Waals surface area contributed by atoms with Gasteiger partial charge in [-0.25, -0.2) is 0 Å². The molecule has 1 fully saturated rings. The standard InChI is InChI=1S/C13H24O3/c1-9(2)10(3)11(12(14)15)13(16)7-5-4-6-8-13/h9-11,16H,4-8H2,1-3H3,(H,14,15)/t10-,11+/m0/s1. The second-order valence-corrected chi connectivity index (χ2v) is 5.58. The molecule has 0 bridgehead atoms. The molecule has 3 heteroatoms. The van der Waals surface area contributed by atoms with Crippen LogP contribution in [0.15, 0.2) is 0 Å². The average Bonchev–Trinajstić information content (AvgIpc) is 2.17. The maximum atomic E-state index is 11.4. The van der Waals surface area contributed by atoms with Gasteiger partial charge in [0.15, 0.2) is 0 Å². The second kappa shape index (κ2) is 5.17. The van der Waals surface area contributed by atoms with E-state index in [2.05, 4.69) is 0 Å². The zero-order chi connectivity index (χ0) is 12.3. The fourth-order valence-electron chi connectivity index (χ4n) is 2.80. The van der Waals surface area contributed by atoms with Gasteiger partial charge in [-0.1, -0.05) is 40.0 Å². The number of hydrogen-bond acceptors (Lipinski definition) is 2. The van der Waals surface area contributed by atoms with Crippen molar-refractivity contribution in [1.29, 1.82) is 0 Å². The lowest BCUT2D eigenvalue weighted by atomic mass is 9.68. The van der Waals surface area contributed by atoms with Crippen molar-refractivity contribution in [2.45, 2.75) is 58.5 Å². The third-order valence-corrected chi connectivity index (χ3v) is 4.14. The van der Waals surface area contributed by atoms with Crippen LogP contribution in [-0.2, 0) is 4.79 Å². The minimum absolute atomic E-state index is 0.0144. The first-order valence-electron chi connectivity index (χ1n) is 6.33. The lowest BCUT2D eigenvalue weighted by Gasteiger charge is -2.40. The quantitative estimate of drug-likeness (QED) is 0.777. The molecule has 0 amide bonds. The van der Waals surface area contributed by atoms with Crippen molar-refractivity contribution < 1.29 is 15.0 Å². The summed E-state index contributed by atoms with van der Waals surface area (Å²) in [5.41, 5.74) is -0.978. The van der Waals surface area contributed by atoms with E-state index in [1.54, 1.807) is 0 Å². The smallest absolute Gasteiger partial charge is 0.309 e. The molecule has 3 nitrogen and oxygen atoms in total. The first kappa shape index (κ1) is 13.5. The van der Waals surface area contributed by atoms with Crippen LogP contribution in [-0.4, -0.2) is 21.8 Å². The van der Waals surface area contributed by atoms with E-state index in [0.717, 1.165) is 19.3 Å². The van der Waals surface area contributed by atoms with E-state index in [9.17, 15) is 15.0 Å². The van der Waals surface area contributed by atoms with Crippen molar-refractivity contribution in [2.24, 2.45) is 17.8 Å². The van der Waals surface area contributed by atoms with Gasteiger partial charge in [0.2, 0.25) is 0 Å². The molecule has 0 aliphatic heterocycles. The normalized spacial score (nSPS) is 24.1. The van der Waals surface area contributed by atoms with Crippen molar-refractivity contribution in [3.8, 4) is 0 Å². The van der Waals surface area contributed by atoms with Gasteiger partial charge in [-0.05, 0) is 24.7 Å². The molecule has 16 heavy (non-hydrogen) atoms. The van der Waals surface area contributed by atoms with Crippen molar-refractivity contribution >= 4 is 5.97 Å². The molecule has 1 rings (SSSR count).